The van der Waals surface area contributed by atoms with Crippen LogP contribution < -0.4 is 16.2 Å². The average Bonchev–Trinajstić information content (AvgIpc) is 2.35. The monoisotopic (exact) mass is 252 g/mol. The molecule has 1 rings (SSSR count). The number of hydrazine groups is 1. The molecule has 0 fully saturated rings. The zero-order chi connectivity index (χ0) is 13.7. The van der Waals surface area contributed by atoms with Gasteiger partial charge in [0.25, 0.3) is 0 Å². The Bertz CT molecular complexity index is 377. The highest BCUT2D eigenvalue weighted by atomic mass is 15.3. The summed E-state index contributed by atoms with van der Waals surface area (Å²) in [5, 5.41) is 0. The number of rotatable bonds is 6. The van der Waals surface area contributed by atoms with E-state index < -0.39 is 0 Å². The smallest absolute Gasteiger partial charge is 0.145 e. The maximum Gasteiger partial charge on any atom is 0.145 e. The molecule has 0 saturated carbocycles. The van der Waals surface area contributed by atoms with Crippen LogP contribution in [0, 0.1) is 0 Å². The minimum absolute atomic E-state index is 0.277. The topological polar surface area (TPSA) is 70.3 Å². The predicted molar refractivity (Wildman–Crippen MR) is 75.8 cm³/mol. The van der Waals surface area contributed by atoms with E-state index in [2.05, 4.69) is 53.1 Å². The van der Waals surface area contributed by atoms with Crippen LogP contribution in [0.15, 0.2) is 6.07 Å². The summed E-state index contributed by atoms with van der Waals surface area (Å²) in [4.78, 5) is 13.2. The van der Waals surface area contributed by atoms with Crippen molar-refractivity contribution in [3.05, 3.63) is 11.9 Å². The molecule has 3 N–H and O–H groups in total. The Balaban J connectivity index is 2.89. The first-order chi connectivity index (χ1) is 8.43. The van der Waals surface area contributed by atoms with Crippen molar-refractivity contribution < 1.29 is 0 Å². The van der Waals surface area contributed by atoms with E-state index in [4.69, 9.17) is 5.84 Å². The maximum absolute atomic E-state index is 5.44. The van der Waals surface area contributed by atoms with Gasteiger partial charge in [-0.3, -0.25) is 0 Å². The Labute approximate surface area is 109 Å². The molecular formula is C12H24N6. The minimum Gasteiger partial charge on any atom is -0.358 e. The number of nitrogens with zero attached hydrogens (tertiary/aromatic N) is 4. The molecule has 0 atom stereocenters. The number of likely N-dealkylation sites (N-methyl/N-ethyl adjacent to an activating group) is 2. The van der Waals surface area contributed by atoms with Crippen molar-refractivity contribution in [2.24, 2.45) is 5.84 Å². The zero-order valence-corrected chi connectivity index (χ0v) is 11.9. The second kappa shape index (κ2) is 6.51. The lowest BCUT2D eigenvalue weighted by Crippen LogP contribution is -2.29. The van der Waals surface area contributed by atoms with Gasteiger partial charge < -0.3 is 15.2 Å². The maximum atomic E-state index is 5.44. The molecule has 6 heteroatoms. The van der Waals surface area contributed by atoms with Crippen molar-refractivity contribution >= 4 is 11.6 Å². The van der Waals surface area contributed by atoms with Crippen molar-refractivity contribution in [1.82, 2.24) is 14.9 Å². The summed E-state index contributed by atoms with van der Waals surface area (Å²) in [5.41, 5.74) is 2.59. The van der Waals surface area contributed by atoms with Gasteiger partial charge in [0, 0.05) is 32.1 Å². The van der Waals surface area contributed by atoms with Crippen LogP contribution in [-0.2, 0) is 0 Å². The van der Waals surface area contributed by atoms with Crippen LogP contribution in [0.25, 0.3) is 0 Å². The summed E-state index contributed by atoms with van der Waals surface area (Å²) in [6, 6.07) is 1.86. The van der Waals surface area contributed by atoms with Gasteiger partial charge in [-0.25, -0.2) is 15.8 Å². The van der Waals surface area contributed by atoms with E-state index >= 15 is 0 Å². The van der Waals surface area contributed by atoms with Gasteiger partial charge in [0.2, 0.25) is 0 Å². The van der Waals surface area contributed by atoms with Crippen LogP contribution in [0.2, 0.25) is 0 Å². The van der Waals surface area contributed by atoms with Crippen LogP contribution in [0.5, 0.6) is 0 Å². The molecule has 6 nitrogen and oxygen atoms in total. The van der Waals surface area contributed by atoms with E-state index in [1.807, 2.05) is 13.1 Å². The van der Waals surface area contributed by atoms with Crippen molar-refractivity contribution in [1.29, 1.82) is 0 Å². The number of aromatic nitrogens is 2. The lowest BCUT2D eigenvalue weighted by molar-refractivity contribution is 0.416. The van der Waals surface area contributed by atoms with E-state index in [1.54, 1.807) is 0 Å². The van der Waals surface area contributed by atoms with Gasteiger partial charge in [0.05, 0.1) is 0 Å². The standard InChI is InChI=1S/C12H24N6/c1-9(2)12-14-10(16-13)8-11(15-12)18(5)7-6-17(3)4/h8-9H,6-7,13H2,1-5H3,(H,14,15,16). The third-order valence-corrected chi connectivity index (χ3v) is 2.67. The summed E-state index contributed by atoms with van der Waals surface area (Å²) < 4.78 is 0. The fraction of sp³-hybridized carbons (Fsp3) is 0.667. The number of nitrogens with two attached hydrogens (primary N) is 1. The molecule has 1 heterocycles. The normalized spacial score (nSPS) is 11.1. The van der Waals surface area contributed by atoms with Crippen LogP contribution in [0.3, 0.4) is 0 Å². The first-order valence-electron chi connectivity index (χ1n) is 6.15. The molecule has 0 aliphatic rings. The highest BCUT2D eigenvalue weighted by Gasteiger charge is 2.10. The van der Waals surface area contributed by atoms with E-state index in [1.165, 1.54) is 0 Å². The van der Waals surface area contributed by atoms with Crippen molar-refractivity contribution in [2.45, 2.75) is 19.8 Å². The van der Waals surface area contributed by atoms with Crippen molar-refractivity contribution in [3.8, 4) is 0 Å². The second-order valence-corrected chi connectivity index (χ2v) is 4.99. The first-order valence-corrected chi connectivity index (χ1v) is 6.15. The lowest BCUT2D eigenvalue weighted by Gasteiger charge is -2.22. The molecule has 1 aromatic rings. The highest BCUT2D eigenvalue weighted by Crippen LogP contribution is 2.18. The third-order valence-electron chi connectivity index (χ3n) is 2.67. The molecule has 0 spiro atoms. The Morgan fingerprint density at radius 2 is 1.89 bits per heavy atom. The van der Waals surface area contributed by atoms with E-state index in [9.17, 15) is 0 Å². The Kier molecular flexibility index (Phi) is 5.30. The first kappa shape index (κ1) is 14.7. The van der Waals surface area contributed by atoms with Crippen LogP contribution in [0.1, 0.15) is 25.6 Å². The molecule has 18 heavy (non-hydrogen) atoms. The van der Waals surface area contributed by atoms with Crippen molar-refractivity contribution in [2.75, 3.05) is 44.6 Å². The van der Waals surface area contributed by atoms with Crippen LogP contribution in [-0.4, -0.2) is 49.1 Å². The zero-order valence-electron chi connectivity index (χ0n) is 11.9. The minimum atomic E-state index is 0.277. The van der Waals surface area contributed by atoms with Crippen LogP contribution in [0.4, 0.5) is 11.6 Å². The SMILES string of the molecule is CC(C)c1nc(NN)cc(N(C)CCN(C)C)n1. The summed E-state index contributed by atoms with van der Waals surface area (Å²) in [7, 11) is 6.14. The van der Waals surface area contributed by atoms with E-state index in [-0.39, 0.29) is 5.92 Å². The summed E-state index contributed by atoms with van der Waals surface area (Å²) in [6.07, 6.45) is 0. The molecule has 0 amide bonds. The van der Waals surface area contributed by atoms with Crippen molar-refractivity contribution in [3.63, 3.8) is 0 Å². The average molecular weight is 252 g/mol. The molecule has 102 valence electrons. The molecule has 0 saturated heterocycles. The molecular weight excluding hydrogens is 228 g/mol. The number of nitrogens with one attached hydrogen (secondary N) is 1. The summed E-state index contributed by atoms with van der Waals surface area (Å²) in [6.45, 7) is 6.02. The number of anilines is 2. The fourth-order valence-corrected chi connectivity index (χ4v) is 1.44. The van der Waals surface area contributed by atoms with Gasteiger partial charge >= 0.3 is 0 Å². The molecule has 0 radical (unpaired) electrons. The highest BCUT2D eigenvalue weighted by molar-refractivity contribution is 5.48. The van der Waals surface area contributed by atoms with Crippen LogP contribution >= 0.6 is 0 Å². The lowest BCUT2D eigenvalue weighted by atomic mass is 10.2. The summed E-state index contributed by atoms with van der Waals surface area (Å²) >= 11 is 0. The molecule has 0 aliphatic carbocycles. The number of hydrogen-bond acceptors (Lipinski definition) is 6. The van der Waals surface area contributed by atoms with Gasteiger partial charge in [-0.1, -0.05) is 13.8 Å². The molecule has 0 aliphatic heterocycles. The van der Waals surface area contributed by atoms with Gasteiger partial charge in [-0.05, 0) is 14.1 Å². The second-order valence-electron chi connectivity index (χ2n) is 4.99. The third kappa shape index (κ3) is 4.12. The molecule has 0 bridgehead atoms. The van der Waals surface area contributed by atoms with Gasteiger partial charge in [-0.2, -0.15) is 0 Å². The quantitative estimate of drug-likeness (QED) is 0.578. The van der Waals surface area contributed by atoms with E-state index in [0.29, 0.717) is 5.82 Å². The predicted octanol–water partition coefficient (Wildman–Crippen LogP) is 0.883. The van der Waals surface area contributed by atoms with Gasteiger partial charge in [0.15, 0.2) is 0 Å². The molecule has 1 aromatic heterocycles. The Hall–Kier alpha value is -1.40. The number of hydrogen-bond donors (Lipinski definition) is 2. The molecule has 0 aromatic carbocycles. The summed E-state index contributed by atoms with van der Waals surface area (Å²) in [5.74, 6) is 8.07. The molecule has 0 unspecified atom stereocenters. The van der Waals surface area contributed by atoms with Gasteiger partial charge in [0.1, 0.15) is 17.5 Å². The van der Waals surface area contributed by atoms with Gasteiger partial charge in [-0.15, -0.1) is 0 Å². The Morgan fingerprint density at radius 3 is 2.39 bits per heavy atom. The largest absolute Gasteiger partial charge is 0.358 e. The van der Waals surface area contributed by atoms with E-state index in [0.717, 1.165) is 24.7 Å². The fourth-order valence-electron chi connectivity index (χ4n) is 1.44. The number of nitrogen functional groups attached to an aromatic ring is 1. The Morgan fingerprint density at radius 1 is 1.22 bits per heavy atom.